The normalized spacial score (nSPS) is 11.0. The summed E-state index contributed by atoms with van der Waals surface area (Å²) >= 11 is 5.71. The molecule has 0 spiro atoms. The lowest BCUT2D eigenvalue weighted by atomic mass is 10.2. The maximum absolute atomic E-state index is 11.2. The molecule has 3 aromatic rings. The lowest BCUT2D eigenvalue weighted by Gasteiger charge is -2.01. The van der Waals surface area contributed by atoms with E-state index in [9.17, 15) is 9.90 Å². The first-order chi connectivity index (χ1) is 10.1. The molecular formula is C12H7BrN4O2S2. The van der Waals surface area contributed by atoms with E-state index in [4.69, 9.17) is 0 Å². The molecule has 3 aromatic heterocycles. The number of hydrogen-bond donors (Lipinski definition) is 1. The van der Waals surface area contributed by atoms with E-state index in [0.29, 0.717) is 20.6 Å². The van der Waals surface area contributed by atoms with Gasteiger partial charge in [0, 0.05) is 17.8 Å². The molecule has 1 N–H and O–H groups in total. The summed E-state index contributed by atoms with van der Waals surface area (Å²) in [5, 5.41) is 11.1. The van der Waals surface area contributed by atoms with Gasteiger partial charge >= 0.3 is 5.97 Å². The number of nitrogens with zero attached hydrogens (tertiary/aromatic N) is 4. The Bertz CT molecular complexity index is 835. The van der Waals surface area contributed by atoms with Crippen molar-refractivity contribution in [2.45, 2.75) is 17.1 Å². The molecule has 0 aliphatic rings. The van der Waals surface area contributed by atoms with E-state index in [-0.39, 0.29) is 4.88 Å². The average Bonchev–Trinajstić information content (AvgIpc) is 2.80. The number of halogens is 1. The first kappa shape index (κ1) is 14.4. The highest BCUT2D eigenvalue weighted by Crippen LogP contribution is 2.36. The van der Waals surface area contributed by atoms with Gasteiger partial charge in [-0.25, -0.2) is 24.7 Å². The van der Waals surface area contributed by atoms with Crippen molar-refractivity contribution >= 4 is 55.2 Å². The number of thiophene rings is 1. The SMILES string of the molecule is Cc1c(C(=O)O)sc2ncnc(Sc3ncc(Br)cn3)c12. The monoisotopic (exact) mass is 382 g/mol. The highest BCUT2D eigenvalue weighted by molar-refractivity contribution is 9.10. The zero-order chi connectivity index (χ0) is 15.0. The first-order valence-corrected chi connectivity index (χ1v) is 8.11. The molecule has 0 radical (unpaired) electrons. The Labute approximate surface area is 135 Å². The van der Waals surface area contributed by atoms with Gasteiger partial charge < -0.3 is 5.11 Å². The molecule has 3 heterocycles. The van der Waals surface area contributed by atoms with Gasteiger partial charge in [-0.15, -0.1) is 11.3 Å². The summed E-state index contributed by atoms with van der Waals surface area (Å²) in [5.74, 6) is -0.952. The molecule has 0 aliphatic heterocycles. The Hall–Kier alpha value is -1.58. The molecule has 0 atom stereocenters. The van der Waals surface area contributed by atoms with Crippen LogP contribution in [0, 0.1) is 6.92 Å². The van der Waals surface area contributed by atoms with Gasteiger partial charge in [0.25, 0.3) is 0 Å². The van der Waals surface area contributed by atoms with Crippen molar-refractivity contribution in [3.05, 3.63) is 33.6 Å². The number of rotatable bonds is 3. The second-order valence-electron chi connectivity index (χ2n) is 4.01. The van der Waals surface area contributed by atoms with Crippen molar-refractivity contribution in [2.75, 3.05) is 0 Å². The van der Waals surface area contributed by atoms with Crippen LogP contribution in [0.3, 0.4) is 0 Å². The third-order valence-electron chi connectivity index (χ3n) is 2.67. The molecule has 0 fully saturated rings. The fourth-order valence-corrected chi connectivity index (χ4v) is 3.85. The number of carboxylic acids is 1. The summed E-state index contributed by atoms with van der Waals surface area (Å²) in [5.41, 5.74) is 0.669. The van der Waals surface area contributed by atoms with E-state index in [2.05, 4.69) is 35.9 Å². The van der Waals surface area contributed by atoms with Crippen LogP contribution in [0.4, 0.5) is 0 Å². The lowest BCUT2D eigenvalue weighted by Crippen LogP contribution is -1.94. The third-order valence-corrected chi connectivity index (χ3v) is 5.16. The second kappa shape index (κ2) is 5.66. The summed E-state index contributed by atoms with van der Waals surface area (Å²) in [6, 6.07) is 0. The zero-order valence-corrected chi connectivity index (χ0v) is 13.8. The number of carbonyl (C=O) groups is 1. The molecule has 0 bridgehead atoms. The van der Waals surface area contributed by atoms with Crippen molar-refractivity contribution in [3.63, 3.8) is 0 Å². The number of aryl methyl sites for hydroxylation is 1. The maximum atomic E-state index is 11.2. The molecule has 0 unspecified atom stereocenters. The van der Waals surface area contributed by atoms with E-state index in [1.54, 1.807) is 19.3 Å². The summed E-state index contributed by atoms with van der Waals surface area (Å²) in [4.78, 5) is 28.9. The molecule has 0 amide bonds. The van der Waals surface area contributed by atoms with Gasteiger partial charge in [-0.05, 0) is 40.2 Å². The van der Waals surface area contributed by atoms with Gasteiger partial charge in [-0.1, -0.05) is 0 Å². The first-order valence-electron chi connectivity index (χ1n) is 5.69. The number of aromatic nitrogens is 4. The van der Waals surface area contributed by atoms with E-state index in [1.165, 1.54) is 18.1 Å². The number of hydrogen-bond acceptors (Lipinski definition) is 7. The van der Waals surface area contributed by atoms with Crippen molar-refractivity contribution in [1.82, 2.24) is 19.9 Å². The van der Waals surface area contributed by atoms with Crippen LogP contribution in [0.2, 0.25) is 0 Å². The van der Waals surface area contributed by atoms with E-state index >= 15 is 0 Å². The molecular weight excluding hydrogens is 376 g/mol. The molecule has 0 saturated heterocycles. The number of carboxylic acid groups (broad SMARTS) is 1. The predicted molar refractivity (Wildman–Crippen MR) is 83.0 cm³/mol. The predicted octanol–water partition coefficient (Wildman–Crippen LogP) is 3.40. The van der Waals surface area contributed by atoms with E-state index < -0.39 is 5.97 Å². The molecule has 3 rings (SSSR count). The molecule has 0 aliphatic carbocycles. The maximum Gasteiger partial charge on any atom is 0.346 e. The van der Waals surface area contributed by atoms with Gasteiger partial charge in [0.05, 0.1) is 4.47 Å². The smallest absolute Gasteiger partial charge is 0.346 e. The molecule has 0 saturated carbocycles. The van der Waals surface area contributed by atoms with Crippen molar-refractivity contribution in [2.24, 2.45) is 0 Å². The van der Waals surface area contributed by atoms with Gasteiger partial charge in [-0.2, -0.15) is 0 Å². The summed E-state index contributed by atoms with van der Waals surface area (Å²) in [6.45, 7) is 1.76. The van der Waals surface area contributed by atoms with E-state index in [1.807, 2.05) is 0 Å². The van der Waals surface area contributed by atoms with Crippen LogP contribution < -0.4 is 0 Å². The molecule has 0 aromatic carbocycles. The fraction of sp³-hybridized carbons (Fsp3) is 0.0833. The van der Waals surface area contributed by atoms with Crippen LogP contribution >= 0.6 is 39.0 Å². The van der Waals surface area contributed by atoms with Gasteiger partial charge in [0.15, 0.2) is 5.16 Å². The fourth-order valence-electron chi connectivity index (χ4n) is 1.76. The highest BCUT2D eigenvalue weighted by atomic mass is 79.9. The molecule has 9 heteroatoms. The third kappa shape index (κ3) is 2.76. The van der Waals surface area contributed by atoms with Crippen molar-refractivity contribution in [3.8, 4) is 0 Å². The van der Waals surface area contributed by atoms with Crippen LogP contribution in [0.1, 0.15) is 15.2 Å². The Balaban J connectivity index is 2.10. The minimum Gasteiger partial charge on any atom is -0.477 e. The molecule has 21 heavy (non-hydrogen) atoms. The van der Waals surface area contributed by atoms with Crippen molar-refractivity contribution in [1.29, 1.82) is 0 Å². The summed E-state index contributed by atoms with van der Waals surface area (Å²) in [7, 11) is 0. The Morgan fingerprint density at radius 1 is 1.29 bits per heavy atom. The second-order valence-corrected chi connectivity index (χ2v) is 6.88. The Morgan fingerprint density at radius 2 is 2.00 bits per heavy atom. The minimum absolute atomic E-state index is 0.282. The molecule has 6 nitrogen and oxygen atoms in total. The molecule has 106 valence electrons. The van der Waals surface area contributed by atoms with Crippen LogP contribution in [0.25, 0.3) is 10.2 Å². The zero-order valence-electron chi connectivity index (χ0n) is 10.6. The quantitative estimate of drug-likeness (QED) is 0.548. The largest absolute Gasteiger partial charge is 0.477 e. The Kier molecular flexibility index (Phi) is 3.87. The topological polar surface area (TPSA) is 88.9 Å². The van der Waals surface area contributed by atoms with Crippen LogP contribution in [0.15, 0.2) is 33.4 Å². The lowest BCUT2D eigenvalue weighted by molar-refractivity contribution is 0.0701. The number of aromatic carboxylic acids is 1. The average molecular weight is 383 g/mol. The van der Waals surface area contributed by atoms with Crippen LogP contribution in [0.5, 0.6) is 0 Å². The highest BCUT2D eigenvalue weighted by Gasteiger charge is 2.19. The van der Waals surface area contributed by atoms with Crippen LogP contribution in [-0.4, -0.2) is 31.0 Å². The summed E-state index contributed by atoms with van der Waals surface area (Å²) in [6.07, 6.45) is 4.72. The van der Waals surface area contributed by atoms with Crippen molar-refractivity contribution < 1.29 is 9.90 Å². The van der Waals surface area contributed by atoms with Gasteiger partial charge in [0.1, 0.15) is 21.1 Å². The minimum atomic E-state index is -0.952. The van der Waals surface area contributed by atoms with E-state index in [0.717, 1.165) is 21.2 Å². The van der Waals surface area contributed by atoms with Gasteiger partial charge in [0.2, 0.25) is 0 Å². The number of fused-ring (bicyclic) bond motifs is 1. The Morgan fingerprint density at radius 3 is 2.67 bits per heavy atom. The van der Waals surface area contributed by atoms with Crippen LogP contribution in [-0.2, 0) is 0 Å². The summed E-state index contributed by atoms with van der Waals surface area (Å²) < 4.78 is 0.791. The standard InChI is InChI=1S/C12H7BrN4O2S2/c1-5-7-9(20-8(5)11(18)19)16-4-17-10(7)21-12-14-2-6(13)3-15-12/h2-4H,1H3,(H,18,19). The van der Waals surface area contributed by atoms with Gasteiger partial charge in [-0.3, -0.25) is 0 Å².